The Kier molecular flexibility index (Phi) is 5.62. The molecule has 0 radical (unpaired) electrons. The lowest BCUT2D eigenvalue weighted by atomic mass is 10.1. The Morgan fingerprint density at radius 1 is 1.44 bits per heavy atom. The number of hydrogen-bond donors (Lipinski definition) is 1. The Morgan fingerprint density at radius 2 is 2.11 bits per heavy atom. The van der Waals surface area contributed by atoms with E-state index in [2.05, 4.69) is 15.9 Å². The number of carboxylic acid groups (broad SMARTS) is 1. The highest BCUT2D eigenvalue weighted by Crippen LogP contribution is 2.22. The molecule has 0 spiro atoms. The summed E-state index contributed by atoms with van der Waals surface area (Å²) in [5.41, 5.74) is 0.930. The van der Waals surface area contributed by atoms with Crippen molar-refractivity contribution in [3.05, 3.63) is 33.3 Å². The van der Waals surface area contributed by atoms with Gasteiger partial charge < -0.3 is 10.0 Å². The number of likely N-dealkylation sites (N-methyl/N-ethyl adjacent to an activating group) is 1. The number of halogens is 2. The lowest BCUT2D eigenvalue weighted by Gasteiger charge is -2.14. The van der Waals surface area contributed by atoms with Crippen molar-refractivity contribution >= 4 is 39.4 Å². The number of amides is 1. The molecule has 1 N–H and O–H groups in total. The second kappa shape index (κ2) is 6.75. The molecule has 0 aromatic heterocycles. The van der Waals surface area contributed by atoms with Gasteiger partial charge in [-0.2, -0.15) is 0 Å². The highest BCUT2D eigenvalue weighted by molar-refractivity contribution is 9.10. The SMILES string of the molecule is CN(CC(=O)O)C(=O)CCc1cc(Cl)ccc1Br. The molecule has 0 saturated carbocycles. The summed E-state index contributed by atoms with van der Waals surface area (Å²) in [4.78, 5) is 23.3. The molecule has 4 nitrogen and oxygen atoms in total. The first kappa shape index (κ1) is 15.0. The van der Waals surface area contributed by atoms with Crippen LogP contribution in [0.25, 0.3) is 0 Å². The lowest BCUT2D eigenvalue weighted by Crippen LogP contribution is -2.32. The standard InChI is InChI=1S/C12H13BrClNO3/c1-15(7-12(17)18)11(16)5-2-8-6-9(14)3-4-10(8)13/h3-4,6H,2,5,7H2,1H3,(H,17,18). The van der Waals surface area contributed by atoms with Gasteiger partial charge in [0, 0.05) is 23.0 Å². The number of carbonyl (C=O) groups is 2. The number of carboxylic acids is 1. The van der Waals surface area contributed by atoms with Gasteiger partial charge in [0.1, 0.15) is 6.54 Å². The summed E-state index contributed by atoms with van der Waals surface area (Å²) in [6.45, 7) is -0.282. The molecule has 0 atom stereocenters. The molecular weight excluding hydrogens is 321 g/mol. The Balaban J connectivity index is 2.57. The minimum absolute atomic E-state index is 0.204. The van der Waals surface area contributed by atoms with E-state index in [4.69, 9.17) is 16.7 Å². The van der Waals surface area contributed by atoms with Gasteiger partial charge in [0.05, 0.1) is 0 Å². The molecule has 18 heavy (non-hydrogen) atoms. The maximum atomic E-state index is 11.7. The van der Waals surface area contributed by atoms with Gasteiger partial charge in [0.15, 0.2) is 0 Å². The normalized spacial score (nSPS) is 10.2. The first-order chi connectivity index (χ1) is 8.40. The van der Waals surface area contributed by atoms with Gasteiger partial charge in [-0.25, -0.2) is 0 Å². The van der Waals surface area contributed by atoms with Crippen LogP contribution < -0.4 is 0 Å². The van der Waals surface area contributed by atoms with Crippen molar-refractivity contribution < 1.29 is 14.7 Å². The zero-order valence-corrected chi connectivity index (χ0v) is 12.2. The highest BCUT2D eigenvalue weighted by Gasteiger charge is 2.12. The van der Waals surface area contributed by atoms with E-state index in [1.165, 1.54) is 11.9 Å². The van der Waals surface area contributed by atoms with Gasteiger partial charge in [0.2, 0.25) is 5.91 Å². The van der Waals surface area contributed by atoms with Crippen molar-refractivity contribution in [1.29, 1.82) is 0 Å². The van der Waals surface area contributed by atoms with E-state index in [0.29, 0.717) is 11.4 Å². The number of hydrogen-bond acceptors (Lipinski definition) is 2. The van der Waals surface area contributed by atoms with Crippen LogP contribution in [0.1, 0.15) is 12.0 Å². The molecule has 1 aromatic rings. The zero-order chi connectivity index (χ0) is 13.7. The van der Waals surface area contributed by atoms with Crippen molar-refractivity contribution in [1.82, 2.24) is 4.90 Å². The molecule has 6 heteroatoms. The lowest BCUT2D eigenvalue weighted by molar-refractivity contribution is -0.143. The topological polar surface area (TPSA) is 57.6 Å². The number of rotatable bonds is 5. The third-order valence-corrected chi connectivity index (χ3v) is 3.42. The van der Waals surface area contributed by atoms with Crippen LogP contribution in [0.3, 0.4) is 0 Å². The molecule has 0 aliphatic rings. The average Bonchev–Trinajstić information content (AvgIpc) is 2.29. The molecule has 0 heterocycles. The third kappa shape index (κ3) is 4.66. The Morgan fingerprint density at radius 3 is 2.72 bits per heavy atom. The number of aliphatic carboxylic acids is 1. The van der Waals surface area contributed by atoms with Crippen molar-refractivity contribution in [3.63, 3.8) is 0 Å². The van der Waals surface area contributed by atoms with E-state index in [9.17, 15) is 9.59 Å². The largest absolute Gasteiger partial charge is 0.480 e. The summed E-state index contributed by atoms with van der Waals surface area (Å²) >= 11 is 9.25. The van der Waals surface area contributed by atoms with Crippen molar-refractivity contribution in [2.75, 3.05) is 13.6 Å². The molecule has 1 aromatic carbocycles. The van der Waals surface area contributed by atoms with Crippen molar-refractivity contribution in [2.45, 2.75) is 12.8 Å². The van der Waals surface area contributed by atoms with E-state index in [0.717, 1.165) is 10.0 Å². The number of carbonyl (C=O) groups excluding carboxylic acids is 1. The first-order valence-corrected chi connectivity index (χ1v) is 6.47. The quantitative estimate of drug-likeness (QED) is 0.900. The van der Waals surface area contributed by atoms with E-state index in [1.54, 1.807) is 12.1 Å². The van der Waals surface area contributed by atoms with Crippen LogP contribution in [-0.2, 0) is 16.0 Å². The van der Waals surface area contributed by atoms with Gasteiger partial charge >= 0.3 is 5.97 Å². The molecule has 1 amide bonds. The Labute approximate surface area is 119 Å². The van der Waals surface area contributed by atoms with Gasteiger partial charge in [-0.3, -0.25) is 9.59 Å². The molecule has 0 aliphatic heterocycles. The highest BCUT2D eigenvalue weighted by atomic mass is 79.9. The zero-order valence-electron chi connectivity index (χ0n) is 9.82. The van der Waals surface area contributed by atoms with E-state index >= 15 is 0 Å². The maximum absolute atomic E-state index is 11.7. The number of aryl methyl sites for hydroxylation is 1. The van der Waals surface area contributed by atoms with Crippen LogP contribution in [0.2, 0.25) is 5.02 Å². The van der Waals surface area contributed by atoms with Crippen LogP contribution in [-0.4, -0.2) is 35.5 Å². The summed E-state index contributed by atoms with van der Waals surface area (Å²) < 4.78 is 0.889. The second-order valence-electron chi connectivity index (χ2n) is 3.88. The fraction of sp³-hybridized carbons (Fsp3) is 0.333. The van der Waals surface area contributed by atoms with E-state index < -0.39 is 5.97 Å². The van der Waals surface area contributed by atoms with Crippen LogP contribution in [0.5, 0.6) is 0 Å². The second-order valence-corrected chi connectivity index (χ2v) is 5.17. The van der Waals surface area contributed by atoms with Crippen molar-refractivity contribution in [3.8, 4) is 0 Å². The average molecular weight is 335 g/mol. The van der Waals surface area contributed by atoms with Gasteiger partial charge in [-0.05, 0) is 30.2 Å². The molecule has 0 unspecified atom stereocenters. The molecular formula is C12H13BrClNO3. The number of nitrogens with zero attached hydrogens (tertiary/aromatic N) is 1. The molecule has 0 saturated heterocycles. The van der Waals surface area contributed by atoms with Crippen LogP contribution in [0, 0.1) is 0 Å². The smallest absolute Gasteiger partial charge is 0.323 e. The summed E-state index contributed by atoms with van der Waals surface area (Å²) in [6.07, 6.45) is 0.770. The minimum Gasteiger partial charge on any atom is -0.480 e. The molecule has 98 valence electrons. The van der Waals surface area contributed by atoms with E-state index in [1.807, 2.05) is 6.07 Å². The third-order valence-electron chi connectivity index (χ3n) is 2.41. The van der Waals surface area contributed by atoms with Crippen LogP contribution in [0.4, 0.5) is 0 Å². The van der Waals surface area contributed by atoms with Gasteiger partial charge in [-0.15, -0.1) is 0 Å². The summed E-state index contributed by atoms with van der Waals surface area (Å²) in [5.74, 6) is -1.22. The predicted molar refractivity (Wildman–Crippen MR) is 72.7 cm³/mol. The Bertz CT molecular complexity index is 465. The summed E-state index contributed by atoms with van der Waals surface area (Å²) in [5, 5.41) is 9.19. The fourth-order valence-electron chi connectivity index (χ4n) is 1.46. The predicted octanol–water partition coefficient (Wildman–Crippen LogP) is 2.58. The van der Waals surface area contributed by atoms with Gasteiger partial charge in [-0.1, -0.05) is 27.5 Å². The molecule has 0 bridgehead atoms. The molecule has 0 fully saturated rings. The van der Waals surface area contributed by atoms with Crippen LogP contribution >= 0.6 is 27.5 Å². The molecule has 0 aliphatic carbocycles. The van der Waals surface area contributed by atoms with E-state index in [-0.39, 0.29) is 18.9 Å². The Hall–Kier alpha value is -1.07. The summed E-state index contributed by atoms with van der Waals surface area (Å²) in [6, 6.07) is 5.37. The molecule has 1 rings (SSSR count). The monoisotopic (exact) mass is 333 g/mol. The summed E-state index contributed by atoms with van der Waals surface area (Å²) in [7, 11) is 1.48. The fourth-order valence-corrected chi connectivity index (χ4v) is 2.10. The minimum atomic E-state index is -1.02. The van der Waals surface area contributed by atoms with Crippen molar-refractivity contribution in [2.24, 2.45) is 0 Å². The van der Waals surface area contributed by atoms with Gasteiger partial charge in [0.25, 0.3) is 0 Å². The maximum Gasteiger partial charge on any atom is 0.323 e. The first-order valence-electron chi connectivity index (χ1n) is 5.30. The number of benzene rings is 1. The van der Waals surface area contributed by atoms with Crippen LogP contribution in [0.15, 0.2) is 22.7 Å².